The number of carbonyl (C=O) groups is 1. The van der Waals surface area contributed by atoms with Crippen LogP contribution in [0.15, 0.2) is 42.5 Å². The monoisotopic (exact) mass is 386 g/mol. The molecule has 1 aliphatic rings. The van der Waals surface area contributed by atoms with Gasteiger partial charge in [-0.25, -0.2) is 4.98 Å². The van der Waals surface area contributed by atoms with Crippen LogP contribution in [0.3, 0.4) is 0 Å². The quantitative estimate of drug-likeness (QED) is 0.637. The van der Waals surface area contributed by atoms with E-state index < -0.39 is 0 Å². The van der Waals surface area contributed by atoms with E-state index in [1.807, 2.05) is 17.0 Å². The maximum atomic E-state index is 12.9. The summed E-state index contributed by atoms with van der Waals surface area (Å²) < 4.78 is 6.55. The van der Waals surface area contributed by atoms with Gasteiger partial charge in [0.15, 0.2) is 0 Å². The zero-order valence-corrected chi connectivity index (χ0v) is 16.0. The van der Waals surface area contributed by atoms with Crippen molar-refractivity contribution in [1.29, 1.82) is 0 Å². The number of nitrogens with zero attached hydrogens (tertiary/aromatic N) is 2. The van der Waals surface area contributed by atoms with E-state index in [2.05, 4.69) is 12.1 Å². The molecule has 0 unspecified atom stereocenters. The summed E-state index contributed by atoms with van der Waals surface area (Å²) in [6, 6.07) is 13.4. The Kier molecular flexibility index (Phi) is 4.83. The van der Waals surface area contributed by atoms with Crippen LogP contribution < -0.4 is 4.74 Å². The first-order valence-electron chi connectivity index (χ1n) is 8.64. The Hall–Kier alpha value is -2.11. The molecular formula is C20H19ClN2O2S. The standard InChI is InChI=1S/C20H19ClN2O2S/c1-25-17-7-6-14(21)12-15(17)20(24)23-10-8-13(9-11-23)19-22-16-4-2-3-5-18(16)26-19/h2-7,12-13H,8-11H2,1H3. The van der Waals surface area contributed by atoms with Crippen molar-refractivity contribution in [3.63, 3.8) is 0 Å². The molecule has 0 N–H and O–H groups in total. The molecule has 2 heterocycles. The van der Waals surface area contributed by atoms with Crippen LogP contribution in [0.5, 0.6) is 5.75 Å². The van der Waals surface area contributed by atoms with Crippen LogP contribution in [0, 0.1) is 0 Å². The number of ether oxygens (including phenoxy) is 1. The normalized spacial score (nSPS) is 15.4. The summed E-state index contributed by atoms with van der Waals surface area (Å²) in [5, 5.41) is 1.72. The predicted molar refractivity (Wildman–Crippen MR) is 106 cm³/mol. The summed E-state index contributed by atoms with van der Waals surface area (Å²) in [6.07, 6.45) is 1.85. The summed E-state index contributed by atoms with van der Waals surface area (Å²) in [6.45, 7) is 1.43. The van der Waals surface area contributed by atoms with Crippen molar-refractivity contribution in [2.24, 2.45) is 0 Å². The molecule has 1 aliphatic heterocycles. The number of fused-ring (bicyclic) bond motifs is 1. The molecule has 2 aromatic carbocycles. The lowest BCUT2D eigenvalue weighted by Gasteiger charge is -2.31. The summed E-state index contributed by atoms with van der Waals surface area (Å²) in [4.78, 5) is 19.6. The Balaban J connectivity index is 1.48. The Morgan fingerprint density at radius 2 is 2.00 bits per heavy atom. The van der Waals surface area contributed by atoms with Gasteiger partial charge in [0.25, 0.3) is 5.91 Å². The van der Waals surface area contributed by atoms with Crippen LogP contribution in [-0.4, -0.2) is 36.0 Å². The Morgan fingerprint density at radius 3 is 2.73 bits per heavy atom. The summed E-state index contributed by atoms with van der Waals surface area (Å²) in [5.41, 5.74) is 1.59. The number of rotatable bonds is 3. The number of likely N-dealkylation sites (tertiary alicyclic amines) is 1. The third kappa shape index (κ3) is 3.29. The molecule has 1 fully saturated rings. The average molecular weight is 387 g/mol. The van der Waals surface area contributed by atoms with E-state index >= 15 is 0 Å². The second kappa shape index (κ2) is 7.25. The summed E-state index contributed by atoms with van der Waals surface area (Å²) in [7, 11) is 1.57. The molecule has 1 amide bonds. The molecular weight excluding hydrogens is 368 g/mol. The Morgan fingerprint density at radius 1 is 1.23 bits per heavy atom. The van der Waals surface area contributed by atoms with Crippen molar-refractivity contribution in [3.05, 3.63) is 58.1 Å². The van der Waals surface area contributed by atoms with Gasteiger partial charge in [0, 0.05) is 24.0 Å². The first-order valence-corrected chi connectivity index (χ1v) is 9.83. The number of thiazole rings is 1. The van der Waals surface area contributed by atoms with Gasteiger partial charge in [-0.1, -0.05) is 23.7 Å². The first kappa shape index (κ1) is 17.3. The second-order valence-corrected chi connectivity index (χ2v) is 7.93. The summed E-state index contributed by atoms with van der Waals surface area (Å²) in [5.74, 6) is 0.956. The van der Waals surface area contributed by atoms with Crippen molar-refractivity contribution in [3.8, 4) is 5.75 Å². The first-order chi connectivity index (χ1) is 12.7. The lowest BCUT2D eigenvalue weighted by molar-refractivity contribution is 0.0709. The fourth-order valence-electron chi connectivity index (χ4n) is 3.41. The van der Waals surface area contributed by atoms with Crippen LogP contribution in [-0.2, 0) is 0 Å². The highest BCUT2D eigenvalue weighted by Gasteiger charge is 2.28. The number of methoxy groups -OCH3 is 1. The SMILES string of the molecule is COc1ccc(Cl)cc1C(=O)N1CCC(c2nc3ccccc3s2)CC1. The molecule has 0 radical (unpaired) electrons. The molecule has 0 saturated carbocycles. The Labute approximate surface area is 161 Å². The molecule has 4 nitrogen and oxygen atoms in total. The van der Waals surface area contributed by atoms with Gasteiger partial charge >= 0.3 is 0 Å². The largest absolute Gasteiger partial charge is 0.496 e. The van der Waals surface area contributed by atoms with Crippen LogP contribution >= 0.6 is 22.9 Å². The zero-order chi connectivity index (χ0) is 18.1. The van der Waals surface area contributed by atoms with Gasteiger partial charge in [-0.05, 0) is 43.2 Å². The molecule has 6 heteroatoms. The van der Waals surface area contributed by atoms with Gasteiger partial charge < -0.3 is 9.64 Å². The van der Waals surface area contributed by atoms with Crippen LogP contribution in [0.25, 0.3) is 10.2 Å². The molecule has 0 bridgehead atoms. The highest BCUT2D eigenvalue weighted by Crippen LogP contribution is 2.34. The highest BCUT2D eigenvalue weighted by molar-refractivity contribution is 7.18. The number of hydrogen-bond donors (Lipinski definition) is 0. The third-order valence-electron chi connectivity index (χ3n) is 4.83. The van der Waals surface area contributed by atoms with Gasteiger partial charge in [0.1, 0.15) is 5.75 Å². The number of halogens is 1. The lowest BCUT2D eigenvalue weighted by Crippen LogP contribution is -2.38. The number of hydrogen-bond acceptors (Lipinski definition) is 4. The highest BCUT2D eigenvalue weighted by atomic mass is 35.5. The smallest absolute Gasteiger partial charge is 0.257 e. The van der Waals surface area contributed by atoms with Crippen molar-refractivity contribution in [2.75, 3.05) is 20.2 Å². The minimum atomic E-state index is -0.0212. The number of carbonyl (C=O) groups excluding carboxylic acids is 1. The van der Waals surface area contributed by atoms with Gasteiger partial charge in [0.2, 0.25) is 0 Å². The van der Waals surface area contributed by atoms with Crippen LogP contribution in [0.2, 0.25) is 5.02 Å². The summed E-state index contributed by atoms with van der Waals surface area (Å²) >= 11 is 7.83. The van der Waals surface area contributed by atoms with Crippen molar-refractivity contribution in [2.45, 2.75) is 18.8 Å². The molecule has 0 spiro atoms. The van der Waals surface area contributed by atoms with Gasteiger partial charge in [-0.2, -0.15) is 0 Å². The van der Waals surface area contributed by atoms with Gasteiger partial charge in [-0.3, -0.25) is 4.79 Å². The predicted octanol–water partition coefficient (Wildman–Crippen LogP) is 4.98. The average Bonchev–Trinajstić information content (AvgIpc) is 3.12. The number of piperidine rings is 1. The zero-order valence-electron chi connectivity index (χ0n) is 14.4. The van der Waals surface area contributed by atoms with E-state index in [1.165, 1.54) is 9.71 Å². The lowest BCUT2D eigenvalue weighted by atomic mass is 9.97. The van der Waals surface area contributed by atoms with E-state index in [-0.39, 0.29) is 5.91 Å². The maximum absolute atomic E-state index is 12.9. The Bertz CT molecular complexity index is 915. The van der Waals surface area contributed by atoms with Gasteiger partial charge in [-0.15, -0.1) is 11.3 Å². The second-order valence-electron chi connectivity index (χ2n) is 6.43. The van der Waals surface area contributed by atoms with Crippen LogP contribution in [0.1, 0.15) is 34.1 Å². The van der Waals surface area contributed by atoms with Crippen molar-refractivity contribution >= 4 is 39.1 Å². The molecule has 26 heavy (non-hydrogen) atoms. The third-order valence-corrected chi connectivity index (χ3v) is 6.27. The molecule has 134 valence electrons. The molecule has 0 aliphatic carbocycles. The number of amides is 1. The number of aromatic nitrogens is 1. The molecule has 0 atom stereocenters. The molecule has 3 aromatic rings. The minimum Gasteiger partial charge on any atom is -0.496 e. The van der Waals surface area contributed by atoms with E-state index in [0.29, 0.717) is 22.3 Å². The number of para-hydroxylation sites is 1. The van der Waals surface area contributed by atoms with E-state index in [1.54, 1.807) is 36.6 Å². The van der Waals surface area contributed by atoms with E-state index in [9.17, 15) is 4.79 Å². The van der Waals surface area contributed by atoms with Gasteiger partial charge in [0.05, 0.1) is 27.9 Å². The number of benzene rings is 2. The van der Waals surface area contributed by atoms with Crippen molar-refractivity contribution in [1.82, 2.24) is 9.88 Å². The molecule has 4 rings (SSSR count). The minimum absolute atomic E-state index is 0.0212. The van der Waals surface area contributed by atoms with Crippen molar-refractivity contribution < 1.29 is 9.53 Å². The molecule has 1 saturated heterocycles. The fraction of sp³-hybridized carbons (Fsp3) is 0.300. The maximum Gasteiger partial charge on any atom is 0.257 e. The topological polar surface area (TPSA) is 42.4 Å². The van der Waals surface area contributed by atoms with E-state index in [4.69, 9.17) is 21.3 Å². The fourth-order valence-corrected chi connectivity index (χ4v) is 4.72. The van der Waals surface area contributed by atoms with Crippen LogP contribution in [0.4, 0.5) is 0 Å². The molecule has 1 aromatic heterocycles. The van der Waals surface area contributed by atoms with E-state index in [0.717, 1.165) is 31.4 Å².